The lowest BCUT2D eigenvalue weighted by Gasteiger charge is -2.10. The molecule has 1 aromatic rings. The SMILES string of the molecule is COC(=O)/C=C(OC)/C(C)=C(\C=C\c1ccccc1)OC. The van der Waals surface area contributed by atoms with E-state index < -0.39 is 5.97 Å². The average molecular weight is 288 g/mol. The summed E-state index contributed by atoms with van der Waals surface area (Å²) in [7, 11) is 4.38. The van der Waals surface area contributed by atoms with E-state index in [0.29, 0.717) is 17.1 Å². The topological polar surface area (TPSA) is 44.8 Å². The molecule has 0 unspecified atom stereocenters. The minimum atomic E-state index is -0.478. The van der Waals surface area contributed by atoms with Crippen molar-refractivity contribution in [2.24, 2.45) is 0 Å². The van der Waals surface area contributed by atoms with Crippen LogP contribution in [0.5, 0.6) is 0 Å². The van der Waals surface area contributed by atoms with Gasteiger partial charge in [-0.3, -0.25) is 0 Å². The van der Waals surface area contributed by atoms with Gasteiger partial charge in [0, 0.05) is 5.57 Å². The number of carbonyl (C=O) groups is 1. The van der Waals surface area contributed by atoms with E-state index in [2.05, 4.69) is 4.74 Å². The molecule has 0 radical (unpaired) electrons. The van der Waals surface area contributed by atoms with Gasteiger partial charge in [-0.05, 0) is 18.6 Å². The molecule has 0 amide bonds. The minimum absolute atomic E-state index is 0.399. The molecule has 0 aliphatic carbocycles. The van der Waals surface area contributed by atoms with Gasteiger partial charge in [0.15, 0.2) is 0 Å². The van der Waals surface area contributed by atoms with Crippen LogP contribution in [-0.2, 0) is 19.0 Å². The van der Waals surface area contributed by atoms with Crippen molar-refractivity contribution < 1.29 is 19.0 Å². The lowest BCUT2D eigenvalue weighted by Crippen LogP contribution is -2.01. The third kappa shape index (κ3) is 5.18. The van der Waals surface area contributed by atoms with E-state index in [0.717, 1.165) is 5.56 Å². The zero-order chi connectivity index (χ0) is 15.7. The molecule has 0 atom stereocenters. The van der Waals surface area contributed by atoms with Crippen LogP contribution in [-0.4, -0.2) is 27.3 Å². The lowest BCUT2D eigenvalue weighted by molar-refractivity contribution is -0.135. The van der Waals surface area contributed by atoms with Crippen LogP contribution >= 0.6 is 0 Å². The molecule has 1 aromatic carbocycles. The van der Waals surface area contributed by atoms with Crippen LogP contribution in [0.4, 0.5) is 0 Å². The van der Waals surface area contributed by atoms with Crippen molar-refractivity contribution in [1.29, 1.82) is 0 Å². The number of hydrogen-bond donors (Lipinski definition) is 0. The predicted molar refractivity (Wildman–Crippen MR) is 82.3 cm³/mol. The molecule has 1 rings (SSSR count). The molecule has 0 aliphatic heterocycles. The molecular formula is C17H20O4. The van der Waals surface area contributed by atoms with Crippen LogP contribution in [0.15, 0.2) is 59.6 Å². The Morgan fingerprint density at radius 2 is 1.67 bits per heavy atom. The molecule has 0 N–H and O–H groups in total. The first-order valence-corrected chi connectivity index (χ1v) is 6.44. The molecule has 4 heteroatoms. The van der Waals surface area contributed by atoms with E-state index in [4.69, 9.17) is 9.47 Å². The van der Waals surface area contributed by atoms with Crippen molar-refractivity contribution in [2.75, 3.05) is 21.3 Å². The zero-order valence-electron chi connectivity index (χ0n) is 12.8. The maximum atomic E-state index is 11.3. The number of esters is 1. The van der Waals surface area contributed by atoms with Gasteiger partial charge in [0.05, 0.1) is 27.4 Å². The van der Waals surface area contributed by atoms with Crippen LogP contribution < -0.4 is 0 Å². The Balaban J connectivity index is 3.06. The first kappa shape index (κ1) is 16.6. The van der Waals surface area contributed by atoms with Gasteiger partial charge in [0.2, 0.25) is 0 Å². The standard InChI is InChI=1S/C17H20O4/c1-13(16(20-3)12-17(18)21-4)15(19-2)11-10-14-8-6-5-7-9-14/h5-12H,1-4H3/b11-10+,15-13+,16-12-. The number of methoxy groups -OCH3 is 3. The average Bonchev–Trinajstić information content (AvgIpc) is 2.53. The Morgan fingerprint density at radius 1 is 1.00 bits per heavy atom. The van der Waals surface area contributed by atoms with Gasteiger partial charge in [0.25, 0.3) is 0 Å². The van der Waals surface area contributed by atoms with Crippen LogP contribution in [0.2, 0.25) is 0 Å². The molecule has 0 heterocycles. The molecule has 21 heavy (non-hydrogen) atoms. The van der Waals surface area contributed by atoms with Gasteiger partial charge in [0.1, 0.15) is 11.5 Å². The number of benzene rings is 1. The van der Waals surface area contributed by atoms with Crippen molar-refractivity contribution in [2.45, 2.75) is 6.92 Å². The normalized spacial score (nSPS) is 12.9. The van der Waals surface area contributed by atoms with Gasteiger partial charge >= 0.3 is 5.97 Å². The largest absolute Gasteiger partial charge is 0.496 e. The van der Waals surface area contributed by atoms with Crippen molar-refractivity contribution in [1.82, 2.24) is 0 Å². The van der Waals surface area contributed by atoms with E-state index in [-0.39, 0.29) is 0 Å². The quantitative estimate of drug-likeness (QED) is 0.348. The van der Waals surface area contributed by atoms with Crippen molar-refractivity contribution in [3.8, 4) is 0 Å². The molecule has 0 saturated carbocycles. The monoisotopic (exact) mass is 288 g/mol. The Bertz CT molecular complexity index is 553. The summed E-state index contributed by atoms with van der Waals surface area (Å²) in [6, 6.07) is 9.85. The highest BCUT2D eigenvalue weighted by Crippen LogP contribution is 2.18. The first-order chi connectivity index (χ1) is 10.1. The number of carbonyl (C=O) groups excluding carboxylic acids is 1. The summed E-state index contributed by atoms with van der Waals surface area (Å²) >= 11 is 0. The maximum Gasteiger partial charge on any atom is 0.334 e. The molecular weight excluding hydrogens is 268 g/mol. The van der Waals surface area contributed by atoms with E-state index in [1.807, 2.05) is 49.4 Å². The van der Waals surface area contributed by atoms with Crippen molar-refractivity contribution in [3.05, 3.63) is 65.1 Å². The fraction of sp³-hybridized carbons (Fsp3) is 0.235. The van der Waals surface area contributed by atoms with Crippen molar-refractivity contribution in [3.63, 3.8) is 0 Å². The number of ether oxygens (including phenoxy) is 3. The van der Waals surface area contributed by atoms with Gasteiger partial charge in [-0.2, -0.15) is 0 Å². The second kappa shape index (κ2) is 8.64. The molecule has 0 aromatic heterocycles. The summed E-state index contributed by atoms with van der Waals surface area (Å²) in [4.78, 5) is 11.3. The summed E-state index contributed by atoms with van der Waals surface area (Å²) in [5, 5.41) is 0. The second-order valence-corrected chi connectivity index (χ2v) is 4.17. The fourth-order valence-corrected chi connectivity index (χ4v) is 1.69. The van der Waals surface area contributed by atoms with Gasteiger partial charge in [-0.15, -0.1) is 0 Å². The van der Waals surface area contributed by atoms with Crippen LogP contribution in [0.25, 0.3) is 6.08 Å². The zero-order valence-corrected chi connectivity index (χ0v) is 12.8. The third-order valence-electron chi connectivity index (χ3n) is 2.86. The van der Waals surface area contributed by atoms with E-state index in [1.165, 1.54) is 20.3 Å². The van der Waals surface area contributed by atoms with Gasteiger partial charge in [-0.25, -0.2) is 4.79 Å². The summed E-state index contributed by atoms with van der Waals surface area (Å²) in [5.41, 5.74) is 1.76. The lowest BCUT2D eigenvalue weighted by atomic mass is 10.1. The summed E-state index contributed by atoms with van der Waals surface area (Å²) in [6.07, 6.45) is 5.03. The molecule has 4 nitrogen and oxygen atoms in total. The van der Waals surface area contributed by atoms with Gasteiger partial charge < -0.3 is 14.2 Å². The van der Waals surface area contributed by atoms with E-state index >= 15 is 0 Å². The van der Waals surface area contributed by atoms with Crippen LogP contribution in [0.3, 0.4) is 0 Å². The van der Waals surface area contributed by atoms with Crippen molar-refractivity contribution >= 4 is 12.0 Å². The molecule has 0 fully saturated rings. The minimum Gasteiger partial charge on any atom is -0.496 e. The number of hydrogen-bond acceptors (Lipinski definition) is 4. The maximum absolute atomic E-state index is 11.3. The van der Waals surface area contributed by atoms with Crippen LogP contribution in [0.1, 0.15) is 12.5 Å². The molecule has 0 bridgehead atoms. The molecule has 0 saturated heterocycles. The summed E-state index contributed by atoms with van der Waals surface area (Å²) in [6.45, 7) is 1.81. The number of rotatable bonds is 6. The highest BCUT2D eigenvalue weighted by Gasteiger charge is 2.09. The summed E-state index contributed by atoms with van der Waals surface area (Å²) < 4.78 is 15.2. The molecule has 0 aliphatic rings. The molecule has 0 spiro atoms. The predicted octanol–water partition coefficient (Wildman–Crippen LogP) is 3.32. The van der Waals surface area contributed by atoms with E-state index in [9.17, 15) is 4.79 Å². The fourth-order valence-electron chi connectivity index (χ4n) is 1.69. The Kier molecular flexibility index (Phi) is 6.81. The third-order valence-corrected chi connectivity index (χ3v) is 2.86. The van der Waals surface area contributed by atoms with Gasteiger partial charge in [-0.1, -0.05) is 36.4 Å². The Morgan fingerprint density at radius 3 is 2.19 bits per heavy atom. The van der Waals surface area contributed by atoms with Crippen LogP contribution in [0, 0.1) is 0 Å². The Hall–Kier alpha value is -2.49. The number of allylic oxidation sites excluding steroid dienone is 2. The molecule has 112 valence electrons. The van der Waals surface area contributed by atoms with E-state index in [1.54, 1.807) is 7.11 Å². The first-order valence-electron chi connectivity index (χ1n) is 6.44. The Labute approximate surface area is 125 Å². The smallest absolute Gasteiger partial charge is 0.334 e. The summed E-state index contributed by atoms with van der Waals surface area (Å²) in [5.74, 6) is 0.529. The second-order valence-electron chi connectivity index (χ2n) is 4.17. The highest BCUT2D eigenvalue weighted by molar-refractivity contribution is 5.83. The highest BCUT2D eigenvalue weighted by atomic mass is 16.5.